The van der Waals surface area contributed by atoms with E-state index in [1.807, 2.05) is 32.0 Å². The Bertz CT molecular complexity index is 777. The molecule has 0 fully saturated rings. The number of nitrogens with one attached hydrogen (secondary N) is 1. The standard InChI is InChI=1S/C20H24N2O5/c1-4-25-17-9-7-6-8-16(17)22-20(23)14-27-21-13-15-10-11-18(26-5-2)19(12-15)24-3/h6-13H,4-5,14H2,1-3H3,(H,22,23)/b21-13-. The van der Waals surface area contributed by atoms with Gasteiger partial charge in [0.25, 0.3) is 5.91 Å². The summed E-state index contributed by atoms with van der Waals surface area (Å²) in [6.45, 7) is 4.63. The number of hydrogen-bond acceptors (Lipinski definition) is 6. The Labute approximate surface area is 158 Å². The van der Waals surface area contributed by atoms with Crippen LogP contribution in [0.3, 0.4) is 0 Å². The maximum Gasteiger partial charge on any atom is 0.265 e. The minimum Gasteiger partial charge on any atom is -0.493 e. The van der Waals surface area contributed by atoms with Crippen LogP contribution in [0.5, 0.6) is 17.2 Å². The quantitative estimate of drug-likeness (QED) is 0.510. The summed E-state index contributed by atoms with van der Waals surface area (Å²) in [4.78, 5) is 17.1. The molecule has 0 aliphatic rings. The first-order chi connectivity index (χ1) is 13.2. The van der Waals surface area contributed by atoms with Gasteiger partial charge in [-0.3, -0.25) is 4.79 Å². The van der Waals surface area contributed by atoms with E-state index in [9.17, 15) is 4.79 Å². The first kappa shape index (κ1) is 20.1. The Morgan fingerprint density at radius 1 is 1.04 bits per heavy atom. The smallest absolute Gasteiger partial charge is 0.265 e. The second-order valence-corrected chi connectivity index (χ2v) is 5.33. The maximum absolute atomic E-state index is 12.0. The van der Waals surface area contributed by atoms with Gasteiger partial charge in [-0.1, -0.05) is 17.3 Å². The van der Waals surface area contributed by atoms with Gasteiger partial charge in [0.15, 0.2) is 18.1 Å². The van der Waals surface area contributed by atoms with E-state index in [0.29, 0.717) is 36.1 Å². The Morgan fingerprint density at radius 3 is 2.52 bits per heavy atom. The van der Waals surface area contributed by atoms with Gasteiger partial charge in [0.05, 0.1) is 32.2 Å². The number of nitrogens with zero attached hydrogens (tertiary/aromatic N) is 1. The van der Waals surface area contributed by atoms with Crippen molar-refractivity contribution in [2.45, 2.75) is 13.8 Å². The van der Waals surface area contributed by atoms with E-state index in [-0.39, 0.29) is 12.5 Å². The molecular weight excluding hydrogens is 348 g/mol. The van der Waals surface area contributed by atoms with Crippen LogP contribution in [-0.2, 0) is 9.63 Å². The van der Waals surface area contributed by atoms with Crippen molar-refractivity contribution >= 4 is 17.8 Å². The molecule has 27 heavy (non-hydrogen) atoms. The lowest BCUT2D eigenvalue weighted by Gasteiger charge is -2.10. The number of carbonyl (C=O) groups excluding carboxylic acids is 1. The van der Waals surface area contributed by atoms with E-state index in [0.717, 1.165) is 5.56 Å². The third-order valence-electron chi connectivity index (χ3n) is 3.42. The summed E-state index contributed by atoms with van der Waals surface area (Å²) < 4.78 is 16.2. The molecule has 2 aromatic rings. The van der Waals surface area contributed by atoms with Crippen molar-refractivity contribution in [3.63, 3.8) is 0 Å². The molecule has 2 aromatic carbocycles. The molecule has 144 valence electrons. The molecule has 0 saturated heterocycles. The summed E-state index contributed by atoms with van der Waals surface area (Å²) >= 11 is 0. The first-order valence-electron chi connectivity index (χ1n) is 8.65. The van der Waals surface area contributed by atoms with Gasteiger partial charge in [-0.2, -0.15) is 0 Å². The summed E-state index contributed by atoms with van der Waals surface area (Å²) in [7, 11) is 1.57. The molecule has 0 atom stereocenters. The lowest BCUT2D eigenvalue weighted by molar-refractivity contribution is -0.120. The van der Waals surface area contributed by atoms with Gasteiger partial charge in [-0.05, 0) is 44.2 Å². The van der Waals surface area contributed by atoms with Crippen LogP contribution in [0.4, 0.5) is 5.69 Å². The second kappa shape index (κ2) is 10.7. The summed E-state index contributed by atoms with van der Waals surface area (Å²) in [5, 5.41) is 6.55. The molecule has 0 radical (unpaired) electrons. The summed E-state index contributed by atoms with van der Waals surface area (Å²) in [6.07, 6.45) is 1.50. The molecule has 0 unspecified atom stereocenters. The highest BCUT2D eigenvalue weighted by molar-refractivity contribution is 5.93. The van der Waals surface area contributed by atoms with E-state index >= 15 is 0 Å². The zero-order valence-electron chi connectivity index (χ0n) is 15.7. The van der Waals surface area contributed by atoms with Crippen LogP contribution < -0.4 is 19.5 Å². The molecule has 0 aliphatic carbocycles. The third-order valence-corrected chi connectivity index (χ3v) is 3.42. The number of rotatable bonds is 10. The van der Waals surface area contributed by atoms with Crippen LogP contribution in [0.1, 0.15) is 19.4 Å². The molecule has 0 heterocycles. The van der Waals surface area contributed by atoms with Gasteiger partial charge in [0.2, 0.25) is 0 Å². The van der Waals surface area contributed by atoms with E-state index < -0.39 is 0 Å². The zero-order valence-corrected chi connectivity index (χ0v) is 15.7. The van der Waals surface area contributed by atoms with Crippen LogP contribution in [0.15, 0.2) is 47.6 Å². The van der Waals surface area contributed by atoms with Crippen LogP contribution in [0.2, 0.25) is 0 Å². The van der Waals surface area contributed by atoms with Gasteiger partial charge >= 0.3 is 0 Å². The van der Waals surface area contributed by atoms with Gasteiger partial charge in [-0.15, -0.1) is 0 Å². The Hall–Kier alpha value is -3.22. The Kier molecular flexibility index (Phi) is 7.96. The molecular formula is C20H24N2O5. The summed E-state index contributed by atoms with van der Waals surface area (Å²) in [5.74, 6) is 1.54. The maximum atomic E-state index is 12.0. The van der Waals surface area contributed by atoms with Crippen LogP contribution in [-0.4, -0.2) is 39.1 Å². The van der Waals surface area contributed by atoms with Crippen molar-refractivity contribution in [3.05, 3.63) is 48.0 Å². The minimum atomic E-state index is -0.330. The SMILES string of the molecule is CCOc1ccccc1NC(=O)CO/N=C\c1ccc(OCC)c(OC)c1. The highest BCUT2D eigenvalue weighted by Crippen LogP contribution is 2.27. The zero-order chi connectivity index (χ0) is 19.5. The largest absolute Gasteiger partial charge is 0.493 e. The van der Waals surface area contributed by atoms with E-state index in [4.69, 9.17) is 19.0 Å². The van der Waals surface area contributed by atoms with Crippen molar-refractivity contribution in [1.82, 2.24) is 0 Å². The topological polar surface area (TPSA) is 78.4 Å². The summed E-state index contributed by atoms with van der Waals surface area (Å²) in [6, 6.07) is 12.6. The van der Waals surface area contributed by atoms with Crippen molar-refractivity contribution < 1.29 is 23.8 Å². The fraction of sp³-hybridized carbons (Fsp3) is 0.300. The number of para-hydroxylation sites is 2. The van der Waals surface area contributed by atoms with E-state index in [1.165, 1.54) is 6.21 Å². The number of benzene rings is 2. The number of methoxy groups -OCH3 is 1. The molecule has 0 spiro atoms. The minimum absolute atomic E-state index is 0.217. The fourth-order valence-corrected chi connectivity index (χ4v) is 2.27. The lowest BCUT2D eigenvalue weighted by Crippen LogP contribution is -2.17. The number of carbonyl (C=O) groups is 1. The fourth-order valence-electron chi connectivity index (χ4n) is 2.27. The van der Waals surface area contributed by atoms with Crippen molar-refractivity contribution in [2.24, 2.45) is 5.16 Å². The number of hydrogen-bond donors (Lipinski definition) is 1. The number of anilines is 1. The van der Waals surface area contributed by atoms with Crippen molar-refractivity contribution in [2.75, 3.05) is 32.2 Å². The highest BCUT2D eigenvalue weighted by atomic mass is 16.6. The molecule has 1 N–H and O–H groups in total. The predicted octanol–water partition coefficient (Wildman–Crippen LogP) is 3.48. The van der Waals surface area contributed by atoms with Gasteiger partial charge in [-0.25, -0.2) is 0 Å². The molecule has 0 aliphatic heterocycles. The first-order valence-corrected chi connectivity index (χ1v) is 8.65. The Balaban J connectivity index is 1.88. The van der Waals surface area contributed by atoms with Crippen LogP contribution in [0.25, 0.3) is 0 Å². The molecule has 7 heteroatoms. The van der Waals surface area contributed by atoms with Gasteiger partial charge in [0.1, 0.15) is 5.75 Å². The summed E-state index contributed by atoms with van der Waals surface area (Å²) in [5.41, 5.74) is 1.35. The number of ether oxygens (including phenoxy) is 3. The number of amides is 1. The molecule has 0 aromatic heterocycles. The monoisotopic (exact) mass is 372 g/mol. The lowest BCUT2D eigenvalue weighted by atomic mass is 10.2. The van der Waals surface area contributed by atoms with Crippen LogP contribution >= 0.6 is 0 Å². The molecule has 7 nitrogen and oxygen atoms in total. The van der Waals surface area contributed by atoms with Gasteiger partial charge in [0, 0.05) is 5.56 Å². The average Bonchev–Trinajstić information content (AvgIpc) is 2.68. The van der Waals surface area contributed by atoms with Crippen LogP contribution in [0, 0.1) is 0 Å². The second-order valence-electron chi connectivity index (χ2n) is 5.33. The molecule has 0 bridgehead atoms. The van der Waals surface area contributed by atoms with Gasteiger partial charge < -0.3 is 24.4 Å². The molecule has 0 saturated carbocycles. The van der Waals surface area contributed by atoms with Crippen molar-refractivity contribution in [1.29, 1.82) is 0 Å². The third kappa shape index (κ3) is 6.22. The predicted molar refractivity (Wildman–Crippen MR) is 104 cm³/mol. The number of oxime groups is 1. The molecule has 2 rings (SSSR count). The highest BCUT2D eigenvalue weighted by Gasteiger charge is 2.08. The van der Waals surface area contributed by atoms with Crippen molar-refractivity contribution in [3.8, 4) is 17.2 Å². The molecule has 1 amide bonds. The Morgan fingerprint density at radius 2 is 1.78 bits per heavy atom. The average molecular weight is 372 g/mol. The normalized spacial score (nSPS) is 10.5. The van der Waals surface area contributed by atoms with E-state index in [1.54, 1.807) is 31.4 Å². The van der Waals surface area contributed by atoms with E-state index in [2.05, 4.69) is 10.5 Å².